The Morgan fingerprint density at radius 2 is 1.90 bits per heavy atom. The van der Waals surface area contributed by atoms with Crippen molar-refractivity contribution in [1.29, 1.82) is 0 Å². The molecule has 2 atom stereocenters. The van der Waals surface area contributed by atoms with Gasteiger partial charge in [0.1, 0.15) is 17.0 Å². The molecule has 162 valence electrons. The van der Waals surface area contributed by atoms with Gasteiger partial charge in [-0.05, 0) is 61.9 Å². The molecule has 0 amide bonds. The van der Waals surface area contributed by atoms with Crippen LogP contribution in [-0.4, -0.2) is 37.0 Å². The van der Waals surface area contributed by atoms with Crippen molar-refractivity contribution in [1.82, 2.24) is 15.3 Å². The Kier molecular flexibility index (Phi) is 6.34. The first-order valence-corrected chi connectivity index (χ1v) is 12.4. The van der Waals surface area contributed by atoms with Crippen LogP contribution >= 0.6 is 0 Å². The van der Waals surface area contributed by atoms with E-state index in [2.05, 4.69) is 27.5 Å². The number of nitrogens with zero attached hydrogens (tertiary/aromatic N) is 2. The molecule has 0 unspecified atom stereocenters. The second-order valence-electron chi connectivity index (χ2n) is 8.30. The van der Waals surface area contributed by atoms with Gasteiger partial charge in [-0.1, -0.05) is 19.8 Å². The number of rotatable bonds is 8. The number of halogens is 1. The van der Waals surface area contributed by atoms with E-state index >= 15 is 4.39 Å². The fourth-order valence-electron chi connectivity index (χ4n) is 4.35. The summed E-state index contributed by atoms with van der Waals surface area (Å²) in [5.41, 5.74) is 2.01. The van der Waals surface area contributed by atoms with E-state index in [-0.39, 0.29) is 16.7 Å². The molecule has 0 aliphatic heterocycles. The van der Waals surface area contributed by atoms with Crippen LogP contribution in [0.25, 0.3) is 0 Å². The lowest BCUT2D eigenvalue weighted by atomic mass is 9.89. The van der Waals surface area contributed by atoms with Gasteiger partial charge in [0.05, 0.1) is 11.4 Å². The zero-order valence-corrected chi connectivity index (χ0v) is 18.1. The third-order valence-electron chi connectivity index (χ3n) is 6.01. The third-order valence-corrected chi connectivity index (χ3v) is 7.67. The van der Waals surface area contributed by atoms with Gasteiger partial charge < -0.3 is 10.6 Å². The monoisotopic (exact) mass is 432 g/mol. The molecule has 1 aromatic heterocycles. The zero-order chi connectivity index (χ0) is 21.1. The quantitative estimate of drug-likeness (QED) is 0.660. The number of hydrogen-bond acceptors (Lipinski definition) is 6. The molecule has 2 saturated carbocycles. The van der Waals surface area contributed by atoms with Crippen molar-refractivity contribution in [3.8, 4) is 0 Å². The molecule has 6 nitrogen and oxygen atoms in total. The van der Waals surface area contributed by atoms with Crippen LogP contribution in [0.15, 0.2) is 35.6 Å². The fourth-order valence-corrected chi connectivity index (χ4v) is 5.73. The smallest absolute Gasteiger partial charge is 0.186 e. The molecule has 8 heteroatoms. The predicted molar refractivity (Wildman–Crippen MR) is 115 cm³/mol. The maximum absolute atomic E-state index is 15.0. The minimum Gasteiger partial charge on any atom is -0.380 e. The molecular formula is C22H29FN4O2S. The lowest BCUT2D eigenvalue weighted by Gasteiger charge is -2.34. The van der Waals surface area contributed by atoms with E-state index in [0.29, 0.717) is 17.7 Å². The Hall–Kier alpha value is -2.06. The Labute approximate surface area is 177 Å². The lowest BCUT2D eigenvalue weighted by Crippen LogP contribution is -2.46. The average molecular weight is 433 g/mol. The number of benzene rings is 1. The number of nitrogens with one attached hydrogen (secondary N) is 2. The van der Waals surface area contributed by atoms with E-state index in [1.165, 1.54) is 31.1 Å². The highest BCUT2D eigenvalue weighted by Crippen LogP contribution is 2.45. The second kappa shape index (κ2) is 8.98. The van der Waals surface area contributed by atoms with Crippen molar-refractivity contribution >= 4 is 15.5 Å². The van der Waals surface area contributed by atoms with E-state index in [1.54, 1.807) is 6.07 Å². The summed E-state index contributed by atoms with van der Waals surface area (Å²) in [4.78, 5) is 7.55. The van der Waals surface area contributed by atoms with Crippen LogP contribution in [-0.2, 0) is 15.6 Å². The molecule has 2 fully saturated rings. The highest BCUT2D eigenvalue weighted by molar-refractivity contribution is 7.90. The fraction of sp³-hybridized carbons (Fsp3) is 0.545. The van der Waals surface area contributed by atoms with Crippen LogP contribution < -0.4 is 10.6 Å². The molecule has 4 rings (SSSR count). The van der Waals surface area contributed by atoms with Crippen LogP contribution in [0.5, 0.6) is 0 Å². The topological polar surface area (TPSA) is 84.0 Å². The first kappa shape index (κ1) is 21.2. The van der Waals surface area contributed by atoms with Gasteiger partial charge in [0.25, 0.3) is 0 Å². The maximum atomic E-state index is 15.0. The summed E-state index contributed by atoms with van der Waals surface area (Å²) in [7, 11) is -3.85. The van der Waals surface area contributed by atoms with Crippen molar-refractivity contribution in [3.05, 3.63) is 47.8 Å². The predicted octanol–water partition coefficient (Wildman–Crippen LogP) is 3.80. The van der Waals surface area contributed by atoms with Crippen molar-refractivity contribution in [2.24, 2.45) is 0 Å². The molecule has 0 bridgehead atoms. The molecule has 0 saturated heterocycles. The molecular weight excluding hydrogens is 403 g/mol. The Bertz CT molecular complexity index is 978. The van der Waals surface area contributed by atoms with Gasteiger partial charge in [0.15, 0.2) is 9.84 Å². The van der Waals surface area contributed by atoms with Gasteiger partial charge >= 0.3 is 0 Å². The van der Waals surface area contributed by atoms with Gasteiger partial charge in [-0.2, -0.15) is 0 Å². The number of hydrogen-bond donors (Lipinski definition) is 2. The summed E-state index contributed by atoms with van der Waals surface area (Å²) in [5, 5.41) is 7.09. The highest BCUT2D eigenvalue weighted by atomic mass is 32.2. The Morgan fingerprint density at radius 1 is 1.13 bits per heavy atom. The van der Waals surface area contributed by atoms with E-state index in [1.807, 2.05) is 0 Å². The van der Waals surface area contributed by atoms with Gasteiger partial charge in [-0.25, -0.2) is 22.8 Å². The van der Waals surface area contributed by atoms with E-state index in [0.717, 1.165) is 49.9 Å². The van der Waals surface area contributed by atoms with Crippen LogP contribution in [0.3, 0.4) is 0 Å². The first-order valence-electron chi connectivity index (χ1n) is 10.8. The van der Waals surface area contributed by atoms with Crippen molar-refractivity contribution in [2.45, 2.75) is 74.1 Å². The molecule has 0 spiro atoms. The summed E-state index contributed by atoms with van der Waals surface area (Å²) in [6.07, 6.45) is 9.26. The Balaban J connectivity index is 1.63. The highest BCUT2D eigenvalue weighted by Gasteiger charge is 2.32. The minimum atomic E-state index is -3.85. The molecule has 1 heterocycles. The molecule has 30 heavy (non-hydrogen) atoms. The van der Waals surface area contributed by atoms with Gasteiger partial charge in [0.2, 0.25) is 0 Å². The number of anilines is 1. The first-order chi connectivity index (χ1) is 14.5. The van der Waals surface area contributed by atoms with Crippen LogP contribution in [0.4, 0.5) is 10.1 Å². The normalized spacial score (nSPS) is 22.1. The summed E-state index contributed by atoms with van der Waals surface area (Å²) in [6, 6.07) is 5.05. The maximum Gasteiger partial charge on any atom is 0.186 e. The zero-order valence-electron chi connectivity index (χ0n) is 17.3. The largest absolute Gasteiger partial charge is 0.380 e. The molecule has 2 aliphatic carbocycles. The van der Waals surface area contributed by atoms with Crippen LogP contribution in [0.1, 0.15) is 62.6 Å². The number of aromatic nitrogens is 2. The lowest BCUT2D eigenvalue weighted by molar-refractivity contribution is 0.349. The Morgan fingerprint density at radius 3 is 2.57 bits per heavy atom. The summed E-state index contributed by atoms with van der Waals surface area (Å²) >= 11 is 0. The number of sulfone groups is 1. The van der Waals surface area contributed by atoms with Gasteiger partial charge in [-0.3, -0.25) is 0 Å². The average Bonchev–Trinajstić information content (AvgIpc) is 3.55. The van der Waals surface area contributed by atoms with Gasteiger partial charge in [-0.15, -0.1) is 0 Å². The summed E-state index contributed by atoms with van der Waals surface area (Å²) in [5.74, 6) is -0.747. The SMILES string of the molecule is CCN[C@H]1CCCC[C@@H]1Nc1cc(F)c(S(=O)(=O)Cc2ccncn2)cc1C1CC1. The van der Waals surface area contributed by atoms with E-state index in [9.17, 15) is 8.42 Å². The molecule has 2 aromatic rings. The minimum absolute atomic E-state index is 0.221. The molecule has 2 aliphatic rings. The van der Waals surface area contributed by atoms with Crippen molar-refractivity contribution < 1.29 is 12.8 Å². The molecule has 1 aromatic carbocycles. The summed E-state index contributed by atoms with van der Waals surface area (Å²) in [6.45, 7) is 2.99. The van der Waals surface area contributed by atoms with Crippen LogP contribution in [0.2, 0.25) is 0 Å². The second-order valence-corrected chi connectivity index (χ2v) is 10.3. The molecule has 0 radical (unpaired) electrons. The van der Waals surface area contributed by atoms with Gasteiger partial charge in [0, 0.05) is 24.0 Å². The standard InChI is InChI=1S/C22H29FN4O2S/c1-2-25-19-5-3-4-6-20(19)27-21-12-18(23)22(11-17(21)15-7-8-15)30(28,29)13-16-9-10-24-14-26-16/h9-12,14-15,19-20,25,27H,2-8,13H2,1H3/t19-,20-/m0/s1. The van der Waals surface area contributed by atoms with E-state index < -0.39 is 15.7 Å². The molecule has 2 N–H and O–H groups in total. The van der Waals surface area contributed by atoms with E-state index in [4.69, 9.17) is 0 Å². The van der Waals surface area contributed by atoms with Crippen molar-refractivity contribution in [2.75, 3.05) is 11.9 Å². The summed E-state index contributed by atoms with van der Waals surface area (Å²) < 4.78 is 40.9. The number of likely N-dealkylation sites (N-methyl/N-ethyl adjacent to an activating group) is 1. The van der Waals surface area contributed by atoms with Crippen molar-refractivity contribution in [3.63, 3.8) is 0 Å². The van der Waals surface area contributed by atoms with Crippen LogP contribution in [0, 0.1) is 5.82 Å². The third kappa shape index (κ3) is 4.81.